The Labute approximate surface area is 330 Å². The largest absolute Gasteiger partial charge is 1.00 e. The molecule has 0 aliphatic heterocycles. The molecule has 0 aromatic heterocycles. The molecule has 0 spiro atoms. The molecule has 2 rings (SSSR count). The van der Waals surface area contributed by atoms with Gasteiger partial charge in [0.1, 0.15) is 22.0 Å². The first-order valence-electron chi connectivity index (χ1n) is 15.0. The second-order valence-corrected chi connectivity index (χ2v) is 27.0. The van der Waals surface area contributed by atoms with Crippen LogP contribution in [0.2, 0.25) is 36.3 Å². The summed E-state index contributed by atoms with van der Waals surface area (Å²) < 4.78 is 48.0. The molecule has 0 bridgehead atoms. The third kappa shape index (κ3) is 19.2. The first-order valence-corrected chi connectivity index (χ1v) is 24.4. The van der Waals surface area contributed by atoms with E-state index in [2.05, 4.69) is 115 Å². The van der Waals surface area contributed by atoms with Gasteiger partial charge in [-0.1, -0.05) is 125 Å². The van der Waals surface area contributed by atoms with Crippen molar-refractivity contribution in [3.05, 3.63) is 71.8 Å². The van der Waals surface area contributed by atoms with E-state index in [0.717, 1.165) is 16.6 Å². The van der Waals surface area contributed by atoms with Gasteiger partial charge in [-0.3, -0.25) is 0 Å². The quantitative estimate of drug-likeness (QED) is 0.156. The van der Waals surface area contributed by atoms with Crippen LogP contribution in [0, 0.1) is 0 Å². The summed E-state index contributed by atoms with van der Waals surface area (Å²) in [6, 6.07) is 20.2. The minimum absolute atomic E-state index is 0. The standard InChI is InChI=1S/C17H30O4SSi.C16H27IO2Si.HI.Na/c1-17(2,3)23(5,6)21-14-16(15-10-8-7-9-11-15)20-12-13-22(4,18)19;1-16(2,3)20(4,5)19-13-15(18-12-11-17)14-9-7-6-8-10-14;;/h7-11,16H,12-14H2,1-6H3;6-10,15H,11-13H2,1-5H3;1H;/q;;;+1/p-1. The van der Waals surface area contributed by atoms with Gasteiger partial charge in [0.25, 0.3) is 0 Å². The Morgan fingerprint density at radius 2 is 1.02 bits per heavy atom. The monoisotopic (exact) mass is 914 g/mol. The molecule has 0 aliphatic carbocycles. The van der Waals surface area contributed by atoms with Crippen LogP contribution in [0.15, 0.2) is 60.7 Å². The zero-order valence-corrected chi connectivity index (χ0v) is 38.9. The summed E-state index contributed by atoms with van der Waals surface area (Å²) in [5.74, 6) is 0.0242. The molecule has 0 radical (unpaired) electrons. The van der Waals surface area contributed by atoms with Crippen molar-refractivity contribution in [2.24, 2.45) is 0 Å². The van der Waals surface area contributed by atoms with Crippen molar-refractivity contribution in [2.45, 2.75) is 90.0 Å². The summed E-state index contributed by atoms with van der Waals surface area (Å²) in [6.07, 6.45) is 1.02. The van der Waals surface area contributed by atoms with Crippen LogP contribution >= 0.6 is 22.6 Å². The van der Waals surface area contributed by atoms with E-state index in [1.54, 1.807) is 0 Å². The summed E-state index contributed by atoms with van der Waals surface area (Å²) in [6.45, 7) is 24.4. The number of ether oxygens (including phenoxy) is 2. The normalized spacial score (nSPS) is 13.9. The van der Waals surface area contributed by atoms with Crippen LogP contribution in [-0.2, 0) is 28.2 Å². The van der Waals surface area contributed by atoms with Crippen molar-refractivity contribution in [1.82, 2.24) is 0 Å². The molecule has 0 heterocycles. The molecule has 0 saturated carbocycles. The number of halogens is 2. The number of benzene rings is 2. The molecule has 12 heteroatoms. The van der Waals surface area contributed by atoms with Crippen LogP contribution < -0.4 is 53.5 Å². The zero-order chi connectivity index (χ0) is 33.0. The summed E-state index contributed by atoms with van der Waals surface area (Å²) in [4.78, 5) is 0. The van der Waals surface area contributed by atoms with E-state index in [1.165, 1.54) is 11.8 Å². The summed E-state index contributed by atoms with van der Waals surface area (Å²) in [5, 5.41) is 0.360. The second-order valence-electron chi connectivity index (χ2n) is 14.0. The zero-order valence-electron chi connectivity index (χ0n) is 29.8. The average Bonchev–Trinajstić information content (AvgIpc) is 2.90. The van der Waals surface area contributed by atoms with E-state index < -0.39 is 26.5 Å². The van der Waals surface area contributed by atoms with E-state index in [4.69, 9.17) is 18.3 Å². The number of rotatable bonds is 15. The van der Waals surface area contributed by atoms with Crippen LogP contribution in [0.5, 0.6) is 0 Å². The molecule has 2 aromatic rings. The van der Waals surface area contributed by atoms with E-state index in [1.807, 2.05) is 36.4 Å². The Bertz CT molecular complexity index is 1160. The van der Waals surface area contributed by atoms with Crippen molar-refractivity contribution in [3.8, 4) is 0 Å². The Kier molecular flexibility index (Phi) is 23.6. The maximum atomic E-state index is 11.3. The number of alkyl halides is 1. The molecule has 6 nitrogen and oxygen atoms in total. The molecule has 0 amide bonds. The molecular formula is C33H57I2NaO6SSi2. The second kappa shape index (κ2) is 22.0. The third-order valence-corrected chi connectivity index (χ3v) is 18.7. The van der Waals surface area contributed by atoms with Gasteiger partial charge in [-0.05, 0) is 47.4 Å². The van der Waals surface area contributed by atoms with E-state index in [9.17, 15) is 8.42 Å². The van der Waals surface area contributed by atoms with E-state index >= 15 is 0 Å². The van der Waals surface area contributed by atoms with Crippen LogP contribution in [0.25, 0.3) is 0 Å². The molecule has 254 valence electrons. The van der Waals surface area contributed by atoms with Gasteiger partial charge in [0, 0.05) is 10.7 Å². The maximum absolute atomic E-state index is 11.3. The van der Waals surface area contributed by atoms with Crippen LogP contribution in [0.3, 0.4) is 0 Å². The summed E-state index contributed by atoms with van der Waals surface area (Å²) >= 11 is 2.34. The van der Waals surface area contributed by atoms with Gasteiger partial charge >= 0.3 is 29.6 Å². The topological polar surface area (TPSA) is 71.1 Å². The van der Waals surface area contributed by atoms with Crippen molar-refractivity contribution in [2.75, 3.05) is 42.9 Å². The molecule has 0 N–H and O–H groups in total. The third-order valence-electron chi connectivity index (χ3n) is 8.32. The molecule has 0 fully saturated rings. The molecule has 2 unspecified atom stereocenters. The predicted molar refractivity (Wildman–Crippen MR) is 195 cm³/mol. The Morgan fingerprint density at radius 1 is 0.689 bits per heavy atom. The SMILES string of the molecule is CC(C)(C)[Si](C)(C)OCC(OCCI)c1ccccc1.CC(C)(C)[Si](C)(C)OCC(OCCS(C)(=O)=O)c1ccccc1.[I-].[Na+]. The molecule has 2 aromatic carbocycles. The van der Waals surface area contributed by atoms with Crippen LogP contribution in [0.1, 0.15) is 64.9 Å². The van der Waals surface area contributed by atoms with Crippen LogP contribution in [-0.4, -0.2) is 67.9 Å². The molecule has 0 saturated heterocycles. The Morgan fingerprint density at radius 3 is 1.31 bits per heavy atom. The van der Waals surface area contributed by atoms with E-state index in [0.29, 0.717) is 13.2 Å². The smallest absolute Gasteiger partial charge is 1.00 e. The molecule has 45 heavy (non-hydrogen) atoms. The maximum Gasteiger partial charge on any atom is 1.00 e. The van der Waals surface area contributed by atoms with Crippen molar-refractivity contribution in [1.29, 1.82) is 0 Å². The van der Waals surface area contributed by atoms with E-state index in [-0.39, 0.29) is 88.2 Å². The predicted octanol–water partition coefficient (Wildman–Crippen LogP) is 3.02. The first-order chi connectivity index (χ1) is 19.7. The van der Waals surface area contributed by atoms with Crippen molar-refractivity contribution in [3.63, 3.8) is 0 Å². The molecule has 2 atom stereocenters. The van der Waals surface area contributed by atoms with Gasteiger partial charge in [-0.15, -0.1) is 0 Å². The minimum atomic E-state index is -3.03. The fourth-order valence-electron chi connectivity index (χ4n) is 3.35. The van der Waals surface area contributed by atoms with Gasteiger partial charge in [0.15, 0.2) is 16.6 Å². The van der Waals surface area contributed by atoms with Crippen LogP contribution in [0.4, 0.5) is 0 Å². The van der Waals surface area contributed by atoms with Crippen molar-refractivity contribution >= 4 is 49.1 Å². The van der Waals surface area contributed by atoms with Gasteiger partial charge in [0.2, 0.25) is 0 Å². The van der Waals surface area contributed by atoms with Gasteiger partial charge in [0.05, 0.1) is 32.2 Å². The summed E-state index contributed by atoms with van der Waals surface area (Å²) in [5.41, 5.74) is 2.22. The number of hydrogen-bond donors (Lipinski definition) is 0. The molecule has 0 aliphatic rings. The molecular weight excluding hydrogens is 857 g/mol. The number of sulfone groups is 1. The minimum Gasteiger partial charge on any atom is -1.00 e. The Balaban J connectivity index is 0. The van der Waals surface area contributed by atoms with Gasteiger partial charge in [-0.25, -0.2) is 8.42 Å². The number of hydrogen-bond acceptors (Lipinski definition) is 6. The Hall–Kier alpha value is 1.12. The summed E-state index contributed by atoms with van der Waals surface area (Å²) in [7, 11) is -6.62. The fourth-order valence-corrected chi connectivity index (χ4v) is 6.00. The van der Waals surface area contributed by atoms with Gasteiger partial charge < -0.3 is 42.3 Å². The van der Waals surface area contributed by atoms with Gasteiger partial charge in [-0.2, -0.15) is 0 Å². The average molecular weight is 915 g/mol. The first kappa shape index (κ1) is 48.2. The fraction of sp³-hybridized carbons (Fsp3) is 0.636. The van der Waals surface area contributed by atoms with Crippen molar-refractivity contribution < 1.29 is 80.3 Å².